The third-order valence-corrected chi connectivity index (χ3v) is 6.35. The lowest BCUT2D eigenvalue weighted by Crippen LogP contribution is -2.33. The lowest BCUT2D eigenvalue weighted by molar-refractivity contribution is 0.1000. The Hall–Kier alpha value is -2.39. The van der Waals surface area contributed by atoms with Crippen molar-refractivity contribution in [1.29, 1.82) is 0 Å². The molecule has 1 aliphatic rings. The number of benzene rings is 1. The van der Waals surface area contributed by atoms with Crippen LogP contribution >= 0.6 is 11.8 Å². The van der Waals surface area contributed by atoms with Crippen molar-refractivity contribution in [3.63, 3.8) is 0 Å². The van der Waals surface area contributed by atoms with Crippen LogP contribution in [0.15, 0.2) is 28.3 Å². The SMILES string of the molecule is Cc1ccc(C(N)=O)cc1Sc1nc(N(C)CC(C)(C)C)nc(N2CCCN(C)CC2)n1. The Morgan fingerprint density at radius 1 is 1.16 bits per heavy atom. The molecule has 2 aromatic rings. The normalized spacial score (nSPS) is 15.5. The molecule has 0 saturated carbocycles. The van der Waals surface area contributed by atoms with Crippen LogP contribution < -0.4 is 15.5 Å². The molecule has 0 spiro atoms. The van der Waals surface area contributed by atoms with Crippen LogP contribution in [0, 0.1) is 12.3 Å². The van der Waals surface area contributed by atoms with E-state index in [1.165, 1.54) is 11.8 Å². The molecule has 0 bridgehead atoms. The summed E-state index contributed by atoms with van der Waals surface area (Å²) in [5.74, 6) is 0.925. The van der Waals surface area contributed by atoms with Gasteiger partial charge in [-0.2, -0.15) is 15.0 Å². The first-order valence-electron chi connectivity index (χ1n) is 11.0. The molecule has 1 amide bonds. The number of carbonyl (C=O) groups excluding carboxylic acids is 1. The van der Waals surface area contributed by atoms with Crippen molar-refractivity contribution >= 4 is 29.6 Å². The topological polar surface area (TPSA) is 91.5 Å². The largest absolute Gasteiger partial charge is 0.366 e. The molecule has 8 nitrogen and oxygen atoms in total. The van der Waals surface area contributed by atoms with E-state index in [-0.39, 0.29) is 5.41 Å². The maximum absolute atomic E-state index is 11.7. The van der Waals surface area contributed by atoms with Crippen molar-refractivity contribution in [2.24, 2.45) is 11.1 Å². The Balaban J connectivity index is 1.98. The van der Waals surface area contributed by atoms with E-state index in [4.69, 9.17) is 20.7 Å². The summed E-state index contributed by atoms with van der Waals surface area (Å²) in [6.45, 7) is 13.3. The van der Waals surface area contributed by atoms with E-state index in [0.717, 1.165) is 49.6 Å². The maximum Gasteiger partial charge on any atom is 0.248 e. The van der Waals surface area contributed by atoms with E-state index in [1.54, 1.807) is 6.07 Å². The van der Waals surface area contributed by atoms with Gasteiger partial charge in [0.15, 0.2) is 5.16 Å². The van der Waals surface area contributed by atoms with Crippen LogP contribution in [0.25, 0.3) is 0 Å². The third kappa shape index (κ3) is 6.56. The minimum atomic E-state index is -0.442. The smallest absolute Gasteiger partial charge is 0.248 e. The first kappa shape index (κ1) is 24.3. The van der Waals surface area contributed by atoms with Gasteiger partial charge >= 0.3 is 0 Å². The highest BCUT2D eigenvalue weighted by Crippen LogP contribution is 2.31. The molecule has 32 heavy (non-hydrogen) atoms. The number of anilines is 2. The number of rotatable bonds is 6. The standard InChI is InChI=1S/C23H35N7OS/c1-16-8-9-17(19(24)31)14-18(16)32-22-26-20(29(6)15-23(2,3)4)25-21(27-22)30-11-7-10-28(5)12-13-30/h8-9,14H,7,10-13,15H2,1-6H3,(H2,24,31). The molecule has 3 rings (SSSR count). The molecule has 0 atom stereocenters. The Labute approximate surface area is 195 Å². The van der Waals surface area contributed by atoms with Gasteiger partial charge in [-0.1, -0.05) is 26.8 Å². The molecule has 1 fully saturated rings. The number of hydrogen-bond donors (Lipinski definition) is 1. The average molecular weight is 458 g/mol. The highest BCUT2D eigenvalue weighted by atomic mass is 32.2. The number of likely N-dealkylation sites (N-methyl/N-ethyl adjacent to an activating group) is 1. The molecule has 9 heteroatoms. The van der Waals surface area contributed by atoms with E-state index < -0.39 is 5.91 Å². The van der Waals surface area contributed by atoms with Crippen LogP contribution in [0.4, 0.5) is 11.9 Å². The Kier molecular flexibility index (Phi) is 7.61. The quantitative estimate of drug-likeness (QED) is 0.708. The number of aromatic nitrogens is 3. The molecular weight excluding hydrogens is 422 g/mol. The number of aryl methyl sites for hydroxylation is 1. The van der Waals surface area contributed by atoms with Crippen LogP contribution in [-0.2, 0) is 0 Å². The van der Waals surface area contributed by atoms with Crippen LogP contribution in [0.3, 0.4) is 0 Å². The van der Waals surface area contributed by atoms with E-state index in [9.17, 15) is 4.79 Å². The average Bonchev–Trinajstić information content (AvgIpc) is 2.92. The van der Waals surface area contributed by atoms with Crippen LogP contribution in [0.5, 0.6) is 0 Å². The van der Waals surface area contributed by atoms with Crippen molar-refractivity contribution in [2.45, 2.75) is 44.2 Å². The lowest BCUT2D eigenvalue weighted by atomic mass is 9.96. The first-order chi connectivity index (χ1) is 15.0. The molecule has 1 aliphatic heterocycles. The second kappa shape index (κ2) is 10.0. The van der Waals surface area contributed by atoms with Crippen LogP contribution in [-0.4, -0.2) is 72.6 Å². The first-order valence-corrected chi connectivity index (χ1v) is 11.8. The third-order valence-electron chi connectivity index (χ3n) is 5.32. The number of hydrogen-bond acceptors (Lipinski definition) is 8. The monoisotopic (exact) mass is 457 g/mol. The molecule has 0 radical (unpaired) electrons. The van der Waals surface area contributed by atoms with Crippen LogP contribution in [0.1, 0.15) is 43.1 Å². The summed E-state index contributed by atoms with van der Waals surface area (Å²) in [6, 6.07) is 5.46. The Morgan fingerprint density at radius 3 is 2.59 bits per heavy atom. The molecule has 174 valence electrons. The Morgan fingerprint density at radius 2 is 1.91 bits per heavy atom. The van der Waals surface area contributed by atoms with E-state index in [2.05, 4.69) is 42.5 Å². The molecule has 1 aromatic carbocycles. The fourth-order valence-electron chi connectivity index (χ4n) is 3.68. The highest BCUT2D eigenvalue weighted by Gasteiger charge is 2.21. The maximum atomic E-state index is 11.7. The fourth-order valence-corrected chi connectivity index (χ4v) is 4.55. The predicted octanol–water partition coefficient (Wildman–Crippen LogP) is 3.05. The zero-order valence-corrected chi connectivity index (χ0v) is 20.9. The minimum absolute atomic E-state index is 0.104. The molecule has 0 aliphatic carbocycles. The number of primary amides is 1. The van der Waals surface area contributed by atoms with Gasteiger partial charge in [-0.25, -0.2) is 0 Å². The summed E-state index contributed by atoms with van der Waals surface area (Å²) >= 11 is 1.45. The number of carbonyl (C=O) groups is 1. The highest BCUT2D eigenvalue weighted by molar-refractivity contribution is 7.99. The fraction of sp³-hybridized carbons (Fsp3) is 0.565. The van der Waals surface area contributed by atoms with Gasteiger partial charge in [-0.3, -0.25) is 4.79 Å². The van der Waals surface area contributed by atoms with Gasteiger partial charge in [0.1, 0.15) is 0 Å². The zero-order chi connectivity index (χ0) is 23.5. The van der Waals surface area contributed by atoms with E-state index in [1.807, 2.05) is 26.1 Å². The lowest BCUT2D eigenvalue weighted by Gasteiger charge is -2.28. The summed E-state index contributed by atoms with van der Waals surface area (Å²) in [7, 11) is 4.17. The molecule has 1 aromatic heterocycles. The van der Waals surface area contributed by atoms with Crippen molar-refractivity contribution in [2.75, 3.05) is 56.6 Å². The second-order valence-electron chi connectivity index (χ2n) is 9.73. The Bertz CT molecular complexity index is 960. The second-order valence-corrected chi connectivity index (χ2v) is 10.7. The molecule has 1 saturated heterocycles. The van der Waals surface area contributed by atoms with Crippen molar-refractivity contribution in [1.82, 2.24) is 19.9 Å². The van der Waals surface area contributed by atoms with Crippen molar-refractivity contribution in [3.8, 4) is 0 Å². The van der Waals surface area contributed by atoms with Gasteiger partial charge in [-0.05, 0) is 61.8 Å². The van der Waals surface area contributed by atoms with E-state index in [0.29, 0.717) is 22.6 Å². The van der Waals surface area contributed by atoms with Crippen molar-refractivity contribution in [3.05, 3.63) is 29.3 Å². The zero-order valence-electron chi connectivity index (χ0n) is 20.1. The van der Waals surface area contributed by atoms with Gasteiger partial charge in [0.05, 0.1) is 0 Å². The summed E-state index contributed by atoms with van der Waals surface area (Å²) < 4.78 is 0. The molecular formula is C23H35N7OS. The van der Waals surface area contributed by atoms with Gasteiger partial charge in [-0.15, -0.1) is 0 Å². The van der Waals surface area contributed by atoms with Gasteiger partial charge < -0.3 is 20.4 Å². The summed E-state index contributed by atoms with van der Waals surface area (Å²) in [6.07, 6.45) is 1.07. The van der Waals surface area contributed by atoms with Crippen LogP contribution in [0.2, 0.25) is 0 Å². The number of nitrogens with zero attached hydrogens (tertiary/aromatic N) is 6. The van der Waals surface area contributed by atoms with Gasteiger partial charge in [0.25, 0.3) is 0 Å². The number of amides is 1. The molecule has 2 N–H and O–H groups in total. The predicted molar refractivity (Wildman–Crippen MR) is 131 cm³/mol. The molecule has 2 heterocycles. The minimum Gasteiger partial charge on any atom is -0.366 e. The molecule has 0 unspecified atom stereocenters. The van der Waals surface area contributed by atoms with E-state index >= 15 is 0 Å². The number of nitrogens with two attached hydrogens (primary N) is 1. The summed E-state index contributed by atoms with van der Waals surface area (Å²) in [5.41, 5.74) is 7.12. The van der Waals surface area contributed by atoms with Gasteiger partial charge in [0, 0.05) is 43.7 Å². The van der Waals surface area contributed by atoms with Gasteiger partial charge in [0.2, 0.25) is 17.8 Å². The summed E-state index contributed by atoms with van der Waals surface area (Å²) in [5, 5.41) is 0.619. The van der Waals surface area contributed by atoms with Crippen molar-refractivity contribution < 1.29 is 4.79 Å². The summed E-state index contributed by atoms with van der Waals surface area (Å²) in [4.78, 5) is 33.7.